The first-order valence-corrected chi connectivity index (χ1v) is 12.9. The minimum atomic E-state index is -2.83. The molecule has 40 heavy (non-hydrogen) atoms. The molecule has 1 aromatic carbocycles. The maximum absolute atomic E-state index is 13.8. The number of benzene rings is 1. The minimum absolute atomic E-state index is 0.0244. The molecule has 1 unspecified atom stereocenters. The monoisotopic (exact) mass is 566 g/mol. The van der Waals surface area contributed by atoms with Crippen LogP contribution in [0, 0.1) is 17.1 Å². The molecule has 0 saturated carbocycles. The molecular weight excluding hydrogens is 532 g/mol. The van der Waals surface area contributed by atoms with Crippen LogP contribution in [0.3, 0.4) is 0 Å². The van der Waals surface area contributed by atoms with Crippen molar-refractivity contribution in [3.8, 4) is 6.07 Å². The molecule has 1 aromatic rings. The van der Waals surface area contributed by atoms with Crippen LogP contribution in [0.2, 0.25) is 0 Å². The Labute approximate surface area is 231 Å². The number of hydrogen-bond donors (Lipinski definition) is 3. The first-order chi connectivity index (χ1) is 18.6. The molecule has 2 heterocycles. The molecule has 0 aliphatic carbocycles. The van der Waals surface area contributed by atoms with Gasteiger partial charge in [0.2, 0.25) is 0 Å². The zero-order chi connectivity index (χ0) is 29.7. The molecule has 2 amide bonds. The molecular formula is C26H34BF3N4O6. The second-order valence-electron chi connectivity index (χ2n) is 10.9. The second-order valence-corrected chi connectivity index (χ2v) is 10.9. The Morgan fingerprint density at radius 1 is 1.23 bits per heavy atom. The summed E-state index contributed by atoms with van der Waals surface area (Å²) in [6.07, 6.45) is -0.237. The van der Waals surface area contributed by atoms with E-state index in [1.54, 1.807) is 20.8 Å². The molecule has 14 heteroatoms. The largest absolute Gasteiger partial charge is 0.635 e. The number of alkyl carbamates (subject to hydrolysis) is 1. The fraction of sp³-hybridized carbons (Fsp3) is 0.577. The van der Waals surface area contributed by atoms with E-state index < -0.39 is 55.0 Å². The number of carbonyl (C=O) groups is 2. The van der Waals surface area contributed by atoms with Crippen LogP contribution in [0.4, 0.5) is 18.0 Å². The number of likely N-dealkylation sites (tertiary alicyclic amines) is 2. The predicted octanol–water partition coefficient (Wildman–Crippen LogP) is 2.36. The molecule has 2 aliphatic rings. The van der Waals surface area contributed by atoms with Crippen LogP contribution in [-0.4, -0.2) is 88.6 Å². The van der Waals surface area contributed by atoms with Crippen LogP contribution in [0.25, 0.3) is 0 Å². The summed E-state index contributed by atoms with van der Waals surface area (Å²) in [6.45, 7) is 4.89. The van der Waals surface area contributed by atoms with Crippen LogP contribution < -0.4 is 5.32 Å². The lowest BCUT2D eigenvalue weighted by Crippen LogP contribution is -2.53. The van der Waals surface area contributed by atoms with E-state index in [1.807, 2.05) is 6.07 Å². The average molecular weight is 566 g/mol. The molecule has 2 atom stereocenters. The van der Waals surface area contributed by atoms with Crippen molar-refractivity contribution in [3.05, 3.63) is 47.3 Å². The van der Waals surface area contributed by atoms with Gasteiger partial charge in [0.05, 0.1) is 13.1 Å². The number of nitrogens with zero attached hydrogens (tertiary/aromatic N) is 3. The number of amides is 2. The van der Waals surface area contributed by atoms with Gasteiger partial charge in [0.25, 0.3) is 11.8 Å². The molecule has 3 N–H and O–H groups in total. The third-order valence-electron chi connectivity index (χ3n) is 7.02. The number of ether oxygens (including phenoxy) is 1. The molecule has 2 saturated heterocycles. The molecule has 2 aliphatic heterocycles. The van der Waals surface area contributed by atoms with Crippen molar-refractivity contribution < 1.29 is 42.2 Å². The van der Waals surface area contributed by atoms with Gasteiger partial charge in [0.1, 0.15) is 29.3 Å². The van der Waals surface area contributed by atoms with E-state index in [0.29, 0.717) is 24.9 Å². The first kappa shape index (κ1) is 31.4. The standard InChI is InChI=1S/C26H34BF3N4O6/c1-24(2,34-12-10-26(29,30)17-34)14-19(15-31)22(35)33-11-4-9-25(3,16-33)39-23(36)32-21(40-27(37)38)13-18-5-7-20(28)8-6-18/h5-8,14,21,37-38H,4,9-13,16-17H2,1-3H3,(H,32,36)/t21-,25?/m1/s1. The summed E-state index contributed by atoms with van der Waals surface area (Å²) in [4.78, 5) is 28.9. The third kappa shape index (κ3) is 8.69. The number of rotatable bonds is 9. The average Bonchev–Trinajstić information content (AvgIpc) is 3.23. The van der Waals surface area contributed by atoms with Gasteiger partial charge in [-0.3, -0.25) is 15.0 Å². The van der Waals surface area contributed by atoms with E-state index in [4.69, 9.17) is 9.39 Å². The SMILES string of the molecule is CC1(OC(=O)N[C@@H](Cc2ccc(F)cc2)OB(O)O)CCCN(C(=O)C(C#N)=CC(C)(C)N2CCC(F)(F)C2)C1. The maximum Gasteiger partial charge on any atom is 0.635 e. The molecule has 3 rings (SSSR count). The Hall–Kier alpha value is -3.12. The van der Waals surface area contributed by atoms with Crippen LogP contribution in [-0.2, 0) is 20.6 Å². The van der Waals surface area contributed by atoms with Gasteiger partial charge in [-0.2, -0.15) is 5.26 Å². The van der Waals surface area contributed by atoms with E-state index in [2.05, 4.69) is 5.32 Å². The fourth-order valence-corrected chi connectivity index (χ4v) is 4.95. The number of nitrogens with one attached hydrogen (secondary N) is 1. The highest BCUT2D eigenvalue weighted by Gasteiger charge is 2.44. The van der Waals surface area contributed by atoms with E-state index in [9.17, 15) is 38.1 Å². The number of halogens is 3. The van der Waals surface area contributed by atoms with Crippen LogP contribution in [0.15, 0.2) is 35.9 Å². The van der Waals surface area contributed by atoms with Gasteiger partial charge in [-0.15, -0.1) is 0 Å². The summed E-state index contributed by atoms with van der Waals surface area (Å²) in [7, 11) is -2.20. The number of alkyl halides is 2. The van der Waals surface area contributed by atoms with Gasteiger partial charge < -0.3 is 24.3 Å². The summed E-state index contributed by atoms with van der Waals surface area (Å²) >= 11 is 0. The van der Waals surface area contributed by atoms with Gasteiger partial charge in [-0.1, -0.05) is 12.1 Å². The van der Waals surface area contributed by atoms with E-state index in [0.717, 1.165) is 0 Å². The predicted molar refractivity (Wildman–Crippen MR) is 138 cm³/mol. The van der Waals surface area contributed by atoms with Gasteiger partial charge in [0, 0.05) is 31.5 Å². The van der Waals surface area contributed by atoms with Crippen molar-refractivity contribution >= 4 is 19.3 Å². The molecule has 10 nitrogen and oxygen atoms in total. The van der Waals surface area contributed by atoms with Crippen molar-refractivity contribution in [3.63, 3.8) is 0 Å². The Morgan fingerprint density at radius 3 is 2.48 bits per heavy atom. The number of nitriles is 1. The van der Waals surface area contributed by atoms with Crippen LogP contribution in [0.1, 0.15) is 45.6 Å². The zero-order valence-electron chi connectivity index (χ0n) is 22.7. The van der Waals surface area contributed by atoms with Gasteiger partial charge in [-0.25, -0.2) is 18.0 Å². The zero-order valence-corrected chi connectivity index (χ0v) is 22.7. The second kappa shape index (κ2) is 12.6. The lowest BCUT2D eigenvalue weighted by Gasteiger charge is -2.40. The van der Waals surface area contributed by atoms with E-state index >= 15 is 0 Å². The van der Waals surface area contributed by atoms with E-state index in [-0.39, 0.29) is 31.5 Å². The van der Waals surface area contributed by atoms with Gasteiger partial charge in [-0.05, 0) is 57.4 Å². The summed E-state index contributed by atoms with van der Waals surface area (Å²) in [6, 6.07) is 7.20. The van der Waals surface area contributed by atoms with Gasteiger partial charge in [0.15, 0.2) is 0 Å². The Balaban J connectivity index is 1.65. The topological polar surface area (TPSA) is 135 Å². The van der Waals surface area contributed by atoms with Crippen molar-refractivity contribution in [2.75, 3.05) is 26.2 Å². The quantitative estimate of drug-likeness (QED) is 0.180. The van der Waals surface area contributed by atoms with Crippen molar-refractivity contribution in [2.24, 2.45) is 0 Å². The smallest absolute Gasteiger partial charge is 0.441 e. The molecule has 2 fully saturated rings. The maximum atomic E-state index is 13.8. The lowest BCUT2D eigenvalue weighted by atomic mass is 9.93. The summed E-state index contributed by atoms with van der Waals surface area (Å²) in [5.41, 5.74) is -1.76. The van der Waals surface area contributed by atoms with Gasteiger partial charge >= 0.3 is 13.4 Å². The summed E-state index contributed by atoms with van der Waals surface area (Å²) in [5.74, 6) is -3.89. The number of hydrogen-bond acceptors (Lipinski definition) is 8. The molecule has 0 spiro atoms. The van der Waals surface area contributed by atoms with Crippen molar-refractivity contribution in [2.45, 2.75) is 69.7 Å². The fourth-order valence-electron chi connectivity index (χ4n) is 4.95. The number of carbonyl (C=O) groups excluding carboxylic acids is 2. The third-order valence-corrected chi connectivity index (χ3v) is 7.02. The minimum Gasteiger partial charge on any atom is -0.441 e. The normalized spacial score (nSPS) is 22.4. The first-order valence-electron chi connectivity index (χ1n) is 12.9. The summed E-state index contributed by atoms with van der Waals surface area (Å²) < 4.78 is 51.2. The Morgan fingerprint density at radius 2 is 1.90 bits per heavy atom. The Bertz CT molecular complexity index is 1140. The van der Waals surface area contributed by atoms with Crippen molar-refractivity contribution in [1.82, 2.24) is 15.1 Å². The Kier molecular flexibility index (Phi) is 9.89. The molecule has 0 radical (unpaired) electrons. The van der Waals surface area contributed by atoms with Crippen LogP contribution >= 0.6 is 0 Å². The van der Waals surface area contributed by atoms with E-state index in [1.165, 1.54) is 40.1 Å². The molecule has 0 bridgehead atoms. The van der Waals surface area contributed by atoms with Crippen LogP contribution in [0.5, 0.6) is 0 Å². The summed E-state index contributed by atoms with van der Waals surface area (Å²) in [5, 5.41) is 30.6. The number of piperidine rings is 1. The highest BCUT2D eigenvalue weighted by Crippen LogP contribution is 2.33. The molecule has 218 valence electrons. The highest BCUT2D eigenvalue weighted by molar-refractivity contribution is 6.32. The highest BCUT2D eigenvalue weighted by atomic mass is 19.3. The van der Waals surface area contributed by atoms with Crippen molar-refractivity contribution in [1.29, 1.82) is 5.26 Å². The molecule has 0 aromatic heterocycles. The lowest BCUT2D eigenvalue weighted by molar-refractivity contribution is -0.133.